The van der Waals surface area contributed by atoms with Crippen molar-refractivity contribution >= 4 is 27.6 Å². The van der Waals surface area contributed by atoms with E-state index in [1.807, 2.05) is 18.2 Å². The van der Waals surface area contributed by atoms with Crippen LogP contribution in [-0.2, 0) is 6.18 Å². The van der Waals surface area contributed by atoms with Crippen LogP contribution >= 0.6 is 0 Å². The van der Waals surface area contributed by atoms with E-state index in [9.17, 15) is 13.2 Å². The summed E-state index contributed by atoms with van der Waals surface area (Å²) in [5.41, 5.74) is 7.01. The van der Waals surface area contributed by atoms with E-state index < -0.39 is 11.7 Å². The average Bonchev–Trinajstić information content (AvgIpc) is 3.00. The summed E-state index contributed by atoms with van der Waals surface area (Å²) in [6.07, 6.45) is -4.48. The third-order valence-corrected chi connectivity index (χ3v) is 4.66. The summed E-state index contributed by atoms with van der Waals surface area (Å²) in [6, 6.07) is 17.4. The van der Waals surface area contributed by atoms with Crippen molar-refractivity contribution in [2.75, 3.05) is 0 Å². The number of nitrogen functional groups attached to an aromatic ring is 1. The lowest BCUT2D eigenvalue weighted by Crippen LogP contribution is -2.15. The van der Waals surface area contributed by atoms with E-state index in [-0.39, 0.29) is 11.4 Å². The topological polar surface area (TPSA) is 78.6 Å². The normalized spacial score (nSPS) is 11.6. The Bertz CT molecular complexity index is 1290. The van der Waals surface area contributed by atoms with E-state index in [0.717, 1.165) is 17.5 Å². The second-order valence-electron chi connectivity index (χ2n) is 6.34. The van der Waals surface area contributed by atoms with Crippen molar-refractivity contribution in [3.05, 3.63) is 77.4 Å². The number of hydrogen-bond donors (Lipinski definition) is 2. The van der Waals surface area contributed by atoms with E-state index in [4.69, 9.17) is 16.4 Å². The van der Waals surface area contributed by atoms with Crippen LogP contribution in [0.3, 0.4) is 0 Å². The molecular formula is C21H13F3N4. The summed E-state index contributed by atoms with van der Waals surface area (Å²) in [5, 5.41) is 18.5. The molecular weight excluding hydrogens is 365 g/mol. The van der Waals surface area contributed by atoms with Gasteiger partial charge in [-0.05, 0) is 36.4 Å². The molecule has 4 nitrogen and oxygen atoms in total. The minimum absolute atomic E-state index is 0.273. The standard InChI is InChI=1S/C21H13F3N4/c22-21(23,24)13-6-7-15-14-3-1-2-4-17(14)28(19(15)10-13)18-8-5-12(11-25)9-16(18)20(26)27/h1-10H,(H3,26,27). The molecule has 7 heteroatoms. The van der Waals surface area contributed by atoms with Crippen molar-refractivity contribution in [2.24, 2.45) is 5.73 Å². The lowest BCUT2D eigenvalue weighted by Gasteiger charge is -2.14. The highest BCUT2D eigenvalue weighted by atomic mass is 19.4. The maximum Gasteiger partial charge on any atom is 0.416 e. The fraction of sp³-hybridized carbons (Fsp3) is 0.0476. The molecule has 0 spiro atoms. The van der Waals surface area contributed by atoms with Crippen LogP contribution in [0.25, 0.3) is 27.5 Å². The van der Waals surface area contributed by atoms with E-state index in [1.54, 1.807) is 28.8 Å². The molecule has 0 aliphatic carbocycles. The molecule has 4 rings (SSSR count). The molecule has 138 valence electrons. The van der Waals surface area contributed by atoms with Crippen molar-refractivity contribution in [1.29, 1.82) is 10.7 Å². The lowest BCUT2D eigenvalue weighted by atomic mass is 10.1. The highest BCUT2D eigenvalue weighted by Gasteiger charge is 2.31. The molecule has 0 aliphatic heterocycles. The lowest BCUT2D eigenvalue weighted by molar-refractivity contribution is -0.137. The summed E-state index contributed by atoms with van der Waals surface area (Å²) < 4.78 is 41.6. The van der Waals surface area contributed by atoms with Crippen LogP contribution in [0.15, 0.2) is 60.7 Å². The third-order valence-electron chi connectivity index (χ3n) is 4.66. The molecule has 28 heavy (non-hydrogen) atoms. The number of nitrogens with zero attached hydrogens (tertiary/aromatic N) is 2. The van der Waals surface area contributed by atoms with Gasteiger partial charge in [0.1, 0.15) is 5.84 Å². The largest absolute Gasteiger partial charge is 0.416 e. The molecule has 0 fully saturated rings. The minimum Gasteiger partial charge on any atom is -0.384 e. The van der Waals surface area contributed by atoms with Gasteiger partial charge in [-0.1, -0.05) is 24.3 Å². The Balaban J connectivity index is 2.17. The fourth-order valence-electron chi connectivity index (χ4n) is 3.42. The Kier molecular flexibility index (Phi) is 3.86. The molecule has 4 aromatic rings. The summed E-state index contributed by atoms with van der Waals surface area (Å²) >= 11 is 0. The van der Waals surface area contributed by atoms with Crippen molar-refractivity contribution < 1.29 is 13.2 Å². The Morgan fingerprint density at radius 1 is 0.964 bits per heavy atom. The number of benzene rings is 3. The second kappa shape index (κ2) is 6.13. The average molecular weight is 378 g/mol. The molecule has 1 heterocycles. The summed E-state index contributed by atoms with van der Waals surface area (Å²) in [6.45, 7) is 0. The van der Waals surface area contributed by atoms with E-state index >= 15 is 0 Å². The Labute approximate surface area is 157 Å². The van der Waals surface area contributed by atoms with Crippen molar-refractivity contribution in [3.8, 4) is 11.8 Å². The quantitative estimate of drug-likeness (QED) is 0.382. The van der Waals surface area contributed by atoms with Gasteiger partial charge in [-0.3, -0.25) is 5.41 Å². The first-order valence-electron chi connectivity index (χ1n) is 8.30. The van der Waals surface area contributed by atoms with Crippen molar-refractivity contribution in [2.45, 2.75) is 6.18 Å². The maximum absolute atomic E-state index is 13.3. The number of amidine groups is 1. The third kappa shape index (κ3) is 2.67. The van der Waals surface area contributed by atoms with Crippen LogP contribution in [-0.4, -0.2) is 10.4 Å². The maximum atomic E-state index is 13.3. The molecule has 0 bridgehead atoms. The van der Waals surface area contributed by atoms with Gasteiger partial charge in [0.15, 0.2) is 0 Å². The molecule has 0 unspecified atom stereocenters. The van der Waals surface area contributed by atoms with Gasteiger partial charge in [0.05, 0.1) is 33.9 Å². The molecule has 0 saturated heterocycles. The predicted molar refractivity (Wildman–Crippen MR) is 102 cm³/mol. The van der Waals surface area contributed by atoms with Gasteiger partial charge >= 0.3 is 6.18 Å². The first kappa shape index (κ1) is 17.6. The van der Waals surface area contributed by atoms with Gasteiger partial charge < -0.3 is 10.3 Å². The molecule has 0 amide bonds. The van der Waals surface area contributed by atoms with Crippen LogP contribution in [0.1, 0.15) is 16.7 Å². The molecule has 1 aromatic heterocycles. The fourth-order valence-corrected chi connectivity index (χ4v) is 3.42. The van der Waals surface area contributed by atoms with Gasteiger partial charge in [0.2, 0.25) is 0 Å². The number of nitriles is 1. The zero-order valence-corrected chi connectivity index (χ0v) is 14.4. The molecule has 0 atom stereocenters. The molecule has 3 N–H and O–H groups in total. The van der Waals surface area contributed by atoms with E-state index in [2.05, 4.69) is 0 Å². The second-order valence-corrected chi connectivity index (χ2v) is 6.34. The monoisotopic (exact) mass is 378 g/mol. The van der Waals surface area contributed by atoms with Crippen LogP contribution in [0.2, 0.25) is 0 Å². The molecule has 3 aromatic carbocycles. The molecule has 0 radical (unpaired) electrons. The van der Waals surface area contributed by atoms with Crippen LogP contribution in [0, 0.1) is 16.7 Å². The Morgan fingerprint density at radius 2 is 1.68 bits per heavy atom. The summed E-state index contributed by atoms with van der Waals surface area (Å²) in [7, 11) is 0. The summed E-state index contributed by atoms with van der Waals surface area (Å²) in [5.74, 6) is -0.273. The number of nitrogens with two attached hydrogens (primary N) is 1. The SMILES string of the molecule is N#Cc1ccc(-n2c3ccccc3c3ccc(C(F)(F)F)cc32)c(C(=N)N)c1. The zero-order chi connectivity index (χ0) is 20.1. The first-order chi connectivity index (χ1) is 13.3. The number of rotatable bonds is 2. The number of hydrogen-bond acceptors (Lipinski definition) is 2. The van der Waals surface area contributed by atoms with Crippen molar-refractivity contribution in [1.82, 2.24) is 4.57 Å². The van der Waals surface area contributed by atoms with Gasteiger partial charge in [-0.25, -0.2) is 0 Å². The van der Waals surface area contributed by atoms with E-state index in [0.29, 0.717) is 27.7 Å². The Morgan fingerprint density at radius 3 is 2.36 bits per heavy atom. The van der Waals surface area contributed by atoms with Gasteiger partial charge in [0, 0.05) is 16.3 Å². The molecule has 0 aliphatic rings. The number of para-hydroxylation sites is 1. The molecule has 0 saturated carbocycles. The van der Waals surface area contributed by atoms with Gasteiger partial charge in [-0.2, -0.15) is 18.4 Å². The minimum atomic E-state index is -4.48. The summed E-state index contributed by atoms with van der Waals surface area (Å²) in [4.78, 5) is 0. The van der Waals surface area contributed by atoms with Crippen molar-refractivity contribution in [3.63, 3.8) is 0 Å². The smallest absolute Gasteiger partial charge is 0.384 e. The Hall–Kier alpha value is -3.79. The van der Waals surface area contributed by atoms with Crippen LogP contribution in [0.5, 0.6) is 0 Å². The van der Waals surface area contributed by atoms with Crippen LogP contribution in [0.4, 0.5) is 13.2 Å². The number of halogens is 3. The zero-order valence-electron chi connectivity index (χ0n) is 14.4. The highest BCUT2D eigenvalue weighted by molar-refractivity contribution is 6.10. The number of fused-ring (bicyclic) bond motifs is 3. The first-order valence-corrected chi connectivity index (χ1v) is 8.30. The number of aromatic nitrogens is 1. The number of alkyl halides is 3. The highest BCUT2D eigenvalue weighted by Crippen LogP contribution is 2.37. The number of nitrogens with one attached hydrogen (secondary N) is 1. The van der Waals surface area contributed by atoms with E-state index in [1.165, 1.54) is 12.1 Å². The van der Waals surface area contributed by atoms with Gasteiger partial charge in [-0.15, -0.1) is 0 Å². The van der Waals surface area contributed by atoms with Crippen LogP contribution < -0.4 is 5.73 Å². The van der Waals surface area contributed by atoms with Gasteiger partial charge in [0.25, 0.3) is 0 Å². The predicted octanol–water partition coefficient (Wildman–Crippen LogP) is 4.96.